The fourth-order valence-corrected chi connectivity index (χ4v) is 1.70. The van der Waals surface area contributed by atoms with Crippen molar-refractivity contribution in [3.63, 3.8) is 0 Å². The lowest BCUT2D eigenvalue weighted by Crippen LogP contribution is -2.17. The fraction of sp³-hybridized carbons (Fsp3) is 0.125. The van der Waals surface area contributed by atoms with Gasteiger partial charge in [-0.05, 0) is 29.7 Å². The SMILES string of the molecule is CC/C=N/NC(=O)c1ccc(-c2ccccc2)cc1. The standard InChI is InChI=1S/C16H16N2O/c1-2-12-17-18-16(19)15-10-8-14(9-11-15)13-6-4-3-5-7-13/h3-12H,2H2,1H3,(H,18,19)/b17-12+. The lowest BCUT2D eigenvalue weighted by molar-refractivity contribution is 0.0955. The Kier molecular flexibility index (Phi) is 4.45. The summed E-state index contributed by atoms with van der Waals surface area (Å²) in [5.74, 6) is -0.190. The minimum atomic E-state index is -0.190. The number of carbonyl (C=O) groups is 1. The first-order valence-corrected chi connectivity index (χ1v) is 6.28. The van der Waals surface area contributed by atoms with E-state index in [1.54, 1.807) is 18.3 Å². The molecular formula is C16H16N2O. The Labute approximate surface area is 113 Å². The summed E-state index contributed by atoms with van der Waals surface area (Å²) in [4.78, 5) is 11.7. The van der Waals surface area contributed by atoms with E-state index < -0.39 is 0 Å². The fourth-order valence-electron chi connectivity index (χ4n) is 1.70. The van der Waals surface area contributed by atoms with E-state index in [0.29, 0.717) is 5.56 Å². The Bertz CT molecular complexity index is 559. The molecule has 2 aromatic carbocycles. The summed E-state index contributed by atoms with van der Waals surface area (Å²) in [6.07, 6.45) is 2.46. The maximum atomic E-state index is 11.7. The van der Waals surface area contributed by atoms with E-state index in [4.69, 9.17) is 0 Å². The molecule has 0 saturated carbocycles. The van der Waals surface area contributed by atoms with Crippen LogP contribution in [0.4, 0.5) is 0 Å². The van der Waals surface area contributed by atoms with E-state index in [2.05, 4.69) is 10.5 Å². The van der Waals surface area contributed by atoms with Gasteiger partial charge in [-0.15, -0.1) is 0 Å². The van der Waals surface area contributed by atoms with Crippen LogP contribution in [0.1, 0.15) is 23.7 Å². The number of amides is 1. The normalized spacial score (nSPS) is 10.6. The Hall–Kier alpha value is -2.42. The lowest BCUT2D eigenvalue weighted by Gasteiger charge is -2.03. The molecule has 3 heteroatoms. The van der Waals surface area contributed by atoms with E-state index in [1.807, 2.05) is 49.4 Å². The zero-order chi connectivity index (χ0) is 13.5. The molecule has 0 radical (unpaired) electrons. The van der Waals surface area contributed by atoms with Gasteiger partial charge in [0, 0.05) is 11.8 Å². The average Bonchev–Trinajstić information content (AvgIpc) is 2.48. The van der Waals surface area contributed by atoms with Crippen molar-refractivity contribution in [1.82, 2.24) is 5.43 Å². The molecule has 0 atom stereocenters. The van der Waals surface area contributed by atoms with Gasteiger partial charge in [0.1, 0.15) is 0 Å². The summed E-state index contributed by atoms with van der Waals surface area (Å²) in [6.45, 7) is 1.96. The monoisotopic (exact) mass is 252 g/mol. The van der Waals surface area contributed by atoms with Gasteiger partial charge < -0.3 is 0 Å². The molecule has 0 fully saturated rings. The first-order valence-electron chi connectivity index (χ1n) is 6.28. The van der Waals surface area contributed by atoms with Gasteiger partial charge in [-0.1, -0.05) is 49.4 Å². The molecule has 2 aromatic rings. The zero-order valence-corrected chi connectivity index (χ0v) is 10.8. The first kappa shape index (κ1) is 13.0. The molecule has 0 unspecified atom stereocenters. The van der Waals surface area contributed by atoms with Crippen LogP contribution >= 0.6 is 0 Å². The molecule has 0 saturated heterocycles. The summed E-state index contributed by atoms with van der Waals surface area (Å²) < 4.78 is 0. The molecule has 0 aliphatic carbocycles. The number of benzene rings is 2. The summed E-state index contributed by atoms with van der Waals surface area (Å²) >= 11 is 0. The Balaban J connectivity index is 2.10. The van der Waals surface area contributed by atoms with Gasteiger partial charge in [0.15, 0.2) is 0 Å². The molecule has 0 heterocycles. The number of nitrogens with zero attached hydrogens (tertiary/aromatic N) is 1. The van der Waals surface area contributed by atoms with Crippen LogP contribution in [-0.2, 0) is 0 Å². The Morgan fingerprint density at radius 1 is 1.05 bits per heavy atom. The van der Waals surface area contributed by atoms with Crippen molar-refractivity contribution in [1.29, 1.82) is 0 Å². The average molecular weight is 252 g/mol. The van der Waals surface area contributed by atoms with Crippen LogP contribution in [0.25, 0.3) is 11.1 Å². The number of rotatable bonds is 4. The number of nitrogens with one attached hydrogen (secondary N) is 1. The van der Waals surface area contributed by atoms with Gasteiger partial charge in [0.2, 0.25) is 0 Å². The molecule has 19 heavy (non-hydrogen) atoms. The molecule has 0 bridgehead atoms. The highest BCUT2D eigenvalue weighted by molar-refractivity contribution is 5.94. The molecule has 0 aromatic heterocycles. The quantitative estimate of drug-likeness (QED) is 0.657. The summed E-state index contributed by atoms with van der Waals surface area (Å²) in [5, 5.41) is 3.82. The Morgan fingerprint density at radius 2 is 1.68 bits per heavy atom. The largest absolute Gasteiger partial charge is 0.271 e. The second-order valence-electron chi connectivity index (χ2n) is 4.10. The van der Waals surface area contributed by atoms with Crippen LogP contribution in [0.2, 0.25) is 0 Å². The highest BCUT2D eigenvalue weighted by atomic mass is 16.2. The third-order valence-electron chi connectivity index (χ3n) is 2.69. The van der Waals surface area contributed by atoms with Gasteiger partial charge >= 0.3 is 0 Å². The number of carbonyl (C=O) groups excluding carboxylic acids is 1. The topological polar surface area (TPSA) is 41.5 Å². The molecule has 0 aliphatic heterocycles. The van der Waals surface area contributed by atoms with Crippen molar-refractivity contribution in [2.45, 2.75) is 13.3 Å². The maximum absolute atomic E-state index is 11.7. The summed E-state index contributed by atoms with van der Waals surface area (Å²) in [7, 11) is 0. The maximum Gasteiger partial charge on any atom is 0.271 e. The van der Waals surface area contributed by atoms with Gasteiger partial charge in [0.25, 0.3) is 5.91 Å². The highest BCUT2D eigenvalue weighted by Crippen LogP contribution is 2.19. The van der Waals surface area contributed by atoms with Gasteiger partial charge in [-0.25, -0.2) is 5.43 Å². The molecule has 1 amide bonds. The van der Waals surface area contributed by atoms with Gasteiger partial charge in [0.05, 0.1) is 0 Å². The van der Waals surface area contributed by atoms with E-state index in [-0.39, 0.29) is 5.91 Å². The first-order chi connectivity index (χ1) is 9.31. The van der Waals surface area contributed by atoms with Crippen LogP contribution in [0.15, 0.2) is 59.7 Å². The van der Waals surface area contributed by atoms with Crippen LogP contribution in [0, 0.1) is 0 Å². The summed E-state index contributed by atoms with van der Waals surface area (Å²) in [6, 6.07) is 17.5. The molecule has 3 nitrogen and oxygen atoms in total. The highest BCUT2D eigenvalue weighted by Gasteiger charge is 2.04. The number of hydrazone groups is 1. The zero-order valence-electron chi connectivity index (χ0n) is 10.8. The van der Waals surface area contributed by atoms with Crippen molar-refractivity contribution in [2.24, 2.45) is 5.10 Å². The van der Waals surface area contributed by atoms with Crippen molar-refractivity contribution < 1.29 is 4.79 Å². The van der Waals surface area contributed by atoms with E-state index in [9.17, 15) is 4.79 Å². The third kappa shape index (κ3) is 3.52. The van der Waals surface area contributed by atoms with E-state index >= 15 is 0 Å². The minimum absolute atomic E-state index is 0.190. The lowest BCUT2D eigenvalue weighted by atomic mass is 10.0. The molecule has 2 rings (SSSR count). The molecule has 0 spiro atoms. The van der Waals surface area contributed by atoms with E-state index in [0.717, 1.165) is 17.5 Å². The van der Waals surface area contributed by atoms with Crippen LogP contribution in [-0.4, -0.2) is 12.1 Å². The van der Waals surface area contributed by atoms with E-state index in [1.165, 1.54) is 0 Å². The van der Waals surface area contributed by atoms with Crippen LogP contribution < -0.4 is 5.43 Å². The molecule has 96 valence electrons. The van der Waals surface area contributed by atoms with Crippen molar-refractivity contribution >= 4 is 12.1 Å². The molecule has 1 N–H and O–H groups in total. The summed E-state index contributed by atoms with van der Waals surface area (Å²) in [5.41, 5.74) is 5.32. The smallest absolute Gasteiger partial charge is 0.267 e. The minimum Gasteiger partial charge on any atom is -0.267 e. The number of hydrogen-bond acceptors (Lipinski definition) is 2. The molecular weight excluding hydrogens is 236 g/mol. The van der Waals surface area contributed by atoms with Crippen molar-refractivity contribution in [2.75, 3.05) is 0 Å². The van der Waals surface area contributed by atoms with Crippen molar-refractivity contribution in [3.05, 3.63) is 60.2 Å². The van der Waals surface area contributed by atoms with Gasteiger partial charge in [-0.3, -0.25) is 4.79 Å². The second-order valence-corrected chi connectivity index (χ2v) is 4.10. The Morgan fingerprint density at radius 3 is 2.32 bits per heavy atom. The van der Waals surface area contributed by atoms with Crippen molar-refractivity contribution in [3.8, 4) is 11.1 Å². The second kappa shape index (κ2) is 6.50. The predicted molar refractivity (Wildman–Crippen MR) is 78.1 cm³/mol. The van der Waals surface area contributed by atoms with Crippen LogP contribution in [0.5, 0.6) is 0 Å². The van der Waals surface area contributed by atoms with Crippen LogP contribution in [0.3, 0.4) is 0 Å². The molecule has 0 aliphatic rings. The van der Waals surface area contributed by atoms with Gasteiger partial charge in [-0.2, -0.15) is 5.10 Å². The predicted octanol–water partition coefficient (Wildman–Crippen LogP) is 3.48. The number of hydrogen-bond donors (Lipinski definition) is 1. The third-order valence-corrected chi connectivity index (χ3v) is 2.69.